The zero-order valence-electron chi connectivity index (χ0n) is 12.7. The van der Waals surface area contributed by atoms with E-state index in [-0.39, 0.29) is 5.91 Å². The van der Waals surface area contributed by atoms with Crippen LogP contribution in [0.15, 0.2) is 29.2 Å². The summed E-state index contributed by atoms with van der Waals surface area (Å²) >= 11 is 1.65. The minimum absolute atomic E-state index is 0.212. The Morgan fingerprint density at radius 3 is 2.48 bits per heavy atom. The predicted octanol–water partition coefficient (Wildman–Crippen LogP) is 3.01. The fourth-order valence-electron chi connectivity index (χ4n) is 3.63. The van der Waals surface area contributed by atoms with Crippen molar-refractivity contribution in [2.45, 2.75) is 30.6 Å². The maximum Gasteiger partial charge on any atom is 0.254 e. The molecule has 3 rings (SSSR count). The fraction of sp³-hybridized carbons (Fsp3) is 0.588. The van der Waals surface area contributed by atoms with E-state index in [0.717, 1.165) is 36.6 Å². The van der Waals surface area contributed by atoms with E-state index >= 15 is 0 Å². The van der Waals surface area contributed by atoms with Crippen molar-refractivity contribution in [1.82, 2.24) is 10.2 Å². The van der Waals surface area contributed by atoms with E-state index in [1.54, 1.807) is 11.8 Å². The number of carbonyl (C=O) groups excluding carboxylic acids is 1. The molecule has 0 radical (unpaired) electrons. The van der Waals surface area contributed by atoms with Gasteiger partial charge in [-0.15, -0.1) is 11.8 Å². The highest BCUT2D eigenvalue weighted by atomic mass is 32.2. The minimum Gasteiger partial charge on any atom is -0.339 e. The molecule has 0 aliphatic carbocycles. The number of hydrogen-bond acceptors (Lipinski definition) is 3. The molecule has 1 aromatic carbocycles. The molecule has 2 aliphatic heterocycles. The van der Waals surface area contributed by atoms with Crippen LogP contribution >= 0.6 is 11.8 Å². The van der Waals surface area contributed by atoms with Crippen molar-refractivity contribution in [1.29, 1.82) is 0 Å². The van der Waals surface area contributed by atoms with Gasteiger partial charge in [0.2, 0.25) is 0 Å². The second-order valence-corrected chi connectivity index (χ2v) is 7.09. The lowest BCUT2D eigenvalue weighted by molar-refractivity contribution is 0.0493. The highest BCUT2D eigenvalue weighted by Crippen LogP contribution is 2.39. The number of piperidine rings is 2. The third kappa shape index (κ3) is 3.11. The summed E-state index contributed by atoms with van der Waals surface area (Å²) in [6.45, 7) is 4.12. The van der Waals surface area contributed by atoms with E-state index in [9.17, 15) is 4.79 Å². The molecule has 2 aliphatic rings. The highest BCUT2D eigenvalue weighted by Gasteiger charge is 2.37. The zero-order chi connectivity index (χ0) is 14.7. The number of nitrogens with zero attached hydrogens (tertiary/aromatic N) is 1. The summed E-state index contributed by atoms with van der Waals surface area (Å²) in [4.78, 5) is 15.9. The molecule has 21 heavy (non-hydrogen) atoms. The molecule has 2 fully saturated rings. The van der Waals surface area contributed by atoms with Gasteiger partial charge in [-0.1, -0.05) is 12.1 Å². The Morgan fingerprint density at radius 1 is 1.14 bits per heavy atom. The fourth-order valence-corrected chi connectivity index (χ4v) is 4.22. The summed E-state index contributed by atoms with van der Waals surface area (Å²) in [7, 11) is 0. The molecule has 1 amide bonds. The largest absolute Gasteiger partial charge is 0.339 e. The first-order valence-corrected chi connectivity index (χ1v) is 9.10. The summed E-state index contributed by atoms with van der Waals surface area (Å²) in [5, 5.41) is 3.45. The third-order valence-electron chi connectivity index (χ3n) is 5.11. The number of carbonyl (C=O) groups is 1. The predicted molar refractivity (Wildman–Crippen MR) is 87.9 cm³/mol. The van der Waals surface area contributed by atoms with Crippen LogP contribution in [0.4, 0.5) is 0 Å². The van der Waals surface area contributed by atoms with Gasteiger partial charge in [0.25, 0.3) is 5.91 Å². The molecule has 0 atom stereocenters. The van der Waals surface area contributed by atoms with Crippen LogP contribution in [-0.2, 0) is 0 Å². The van der Waals surface area contributed by atoms with E-state index in [2.05, 4.69) is 10.2 Å². The third-order valence-corrected chi connectivity index (χ3v) is 5.91. The second-order valence-electron chi connectivity index (χ2n) is 6.24. The Labute approximate surface area is 131 Å². The number of hydrogen-bond donors (Lipinski definition) is 1. The van der Waals surface area contributed by atoms with Gasteiger partial charge in [0.15, 0.2) is 0 Å². The summed E-state index contributed by atoms with van der Waals surface area (Å²) in [5.41, 5.74) is 1.37. The Balaban J connectivity index is 1.67. The van der Waals surface area contributed by atoms with Crippen molar-refractivity contribution in [3.8, 4) is 0 Å². The van der Waals surface area contributed by atoms with Gasteiger partial charge in [-0.25, -0.2) is 0 Å². The molecule has 4 heteroatoms. The van der Waals surface area contributed by atoms with Gasteiger partial charge in [0.1, 0.15) is 0 Å². The summed E-state index contributed by atoms with van der Waals surface area (Å²) in [6.07, 6.45) is 6.92. The van der Waals surface area contributed by atoms with E-state index in [0.29, 0.717) is 5.41 Å². The molecule has 0 aromatic heterocycles. The Hall–Kier alpha value is -1.00. The average Bonchev–Trinajstić information content (AvgIpc) is 2.56. The number of amides is 1. The normalized spacial score (nSPS) is 21.5. The van der Waals surface area contributed by atoms with Crippen molar-refractivity contribution in [2.75, 3.05) is 32.4 Å². The number of likely N-dealkylation sites (tertiary alicyclic amines) is 1. The Bertz CT molecular complexity index is 501. The van der Waals surface area contributed by atoms with Crippen molar-refractivity contribution in [2.24, 2.45) is 5.41 Å². The van der Waals surface area contributed by atoms with E-state index in [1.807, 2.05) is 30.5 Å². The molecule has 0 bridgehead atoms. The molecule has 3 nitrogen and oxygen atoms in total. The van der Waals surface area contributed by atoms with E-state index in [4.69, 9.17) is 0 Å². The van der Waals surface area contributed by atoms with Gasteiger partial charge >= 0.3 is 0 Å². The summed E-state index contributed by atoms with van der Waals surface area (Å²) in [5.74, 6) is 0.212. The molecule has 1 N–H and O–H groups in total. The van der Waals surface area contributed by atoms with Crippen LogP contribution in [0.2, 0.25) is 0 Å². The molecular formula is C17H24N2OS. The van der Waals surface area contributed by atoms with Gasteiger partial charge < -0.3 is 10.2 Å². The molecular weight excluding hydrogens is 280 g/mol. The topological polar surface area (TPSA) is 32.3 Å². The zero-order valence-corrected chi connectivity index (χ0v) is 13.5. The van der Waals surface area contributed by atoms with Gasteiger partial charge in [-0.2, -0.15) is 0 Å². The van der Waals surface area contributed by atoms with Gasteiger partial charge in [-0.05, 0) is 62.6 Å². The first-order chi connectivity index (χ1) is 10.2. The van der Waals surface area contributed by atoms with Crippen molar-refractivity contribution in [3.05, 3.63) is 29.8 Å². The van der Waals surface area contributed by atoms with Crippen LogP contribution in [0.3, 0.4) is 0 Å². The van der Waals surface area contributed by atoms with Crippen LogP contribution in [0, 0.1) is 5.41 Å². The van der Waals surface area contributed by atoms with Gasteiger partial charge in [-0.3, -0.25) is 4.79 Å². The van der Waals surface area contributed by atoms with Crippen LogP contribution in [0.5, 0.6) is 0 Å². The average molecular weight is 304 g/mol. The van der Waals surface area contributed by atoms with E-state index in [1.165, 1.54) is 25.7 Å². The maximum atomic E-state index is 12.8. The van der Waals surface area contributed by atoms with Gasteiger partial charge in [0.05, 0.1) is 5.56 Å². The lowest BCUT2D eigenvalue weighted by Gasteiger charge is -2.44. The number of thioether (sulfide) groups is 1. The highest BCUT2D eigenvalue weighted by molar-refractivity contribution is 7.98. The Kier molecular flexibility index (Phi) is 4.55. The number of rotatable bonds is 2. The molecule has 0 unspecified atom stereocenters. The summed E-state index contributed by atoms with van der Waals surface area (Å²) in [6, 6.07) is 7.97. The smallest absolute Gasteiger partial charge is 0.254 e. The standard InChI is InChI=1S/C17H24N2OS/c1-21-15-5-3-2-4-14(15)16(20)19-12-8-17(9-13-19)6-10-18-11-7-17/h2-5,18H,6-13H2,1H3. The molecule has 1 aromatic rings. The quantitative estimate of drug-likeness (QED) is 0.853. The first kappa shape index (κ1) is 14.9. The van der Waals surface area contributed by atoms with Crippen molar-refractivity contribution < 1.29 is 4.79 Å². The minimum atomic E-state index is 0.212. The lowest BCUT2D eigenvalue weighted by atomic mass is 9.71. The second kappa shape index (κ2) is 6.41. The van der Waals surface area contributed by atoms with E-state index < -0.39 is 0 Å². The van der Waals surface area contributed by atoms with Crippen LogP contribution < -0.4 is 5.32 Å². The molecule has 1 spiro atoms. The SMILES string of the molecule is CSc1ccccc1C(=O)N1CCC2(CCNCC2)CC1. The first-order valence-electron chi connectivity index (χ1n) is 7.87. The lowest BCUT2D eigenvalue weighted by Crippen LogP contribution is -2.47. The van der Waals surface area contributed by atoms with Crippen molar-refractivity contribution in [3.63, 3.8) is 0 Å². The van der Waals surface area contributed by atoms with Crippen LogP contribution in [0.1, 0.15) is 36.0 Å². The Morgan fingerprint density at radius 2 is 1.81 bits per heavy atom. The van der Waals surface area contributed by atoms with Gasteiger partial charge in [0, 0.05) is 18.0 Å². The van der Waals surface area contributed by atoms with Crippen LogP contribution in [0.25, 0.3) is 0 Å². The molecule has 2 heterocycles. The molecule has 0 saturated carbocycles. The van der Waals surface area contributed by atoms with Crippen molar-refractivity contribution >= 4 is 17.7 Å². The number of benzene rings is 1. The van der Waals surface area contributed by atoms with Crippen LogP contribution in [-0.4, -0.2) is 43.2 Å². The monoisotopic (exact) mass is 304 g/mol. The maximum absolute atomic E-state index is 12.8. The number of nitrogens with one attached hydrogen (secondary N) is 1. The molecule has 114 valence electrons. The molecule has 2 saturated heterocycles. The summed E-state index contributed by atoms with van der Waals surface area (Å²) < 4.78 is 0.